The Morgan fingerprint density at radius 3 is 2.58 bits per heavy atom. The number of nitrogens with zero attached hydrogens (tertiary/aromatic N) is 1. The number of halogens is 2. The van der Waals surface area contributed by atoms with Crippen LogP contribution in [0.1, 0.15) is 26.3 Å². The van der Waals surface area contributed by atoms with E-state index in [2.05, 4.69) is 10.3 Å². The Bertz CT molecular complexity index is 1520. The van der Waals surface area contributed by atoms with Gasteiger partial charge in [0.15, 0.2) is 0 Å². The fourth-order valence-electron chi connectivity index (χ4n) is 3.39. The molecule has 0 fully saturated rings. The van der Waals surface area contributed by atoms with Crippen LogP contribution >= 0.6 is 11.6 Å². The first-order valence-electron chi connectivity index (χ1n) is 9.65. The molecule has 0 radical (unpaired) electrons. The topological polar surface area (TPSA) is 127 Å². The zero-order valence-corrected chi connectivity index (χ0v) is 17.7. The summed E-state index contributed by atoms with van der Waals surface area (Å²) in [5.74, 6) is -2.03. The summed E-state index contributed by atoms with van der Waals surface area (Å²) in [6.07, 6.45) is 1.26. The number of carbonyl (C=O) groups is 2. The molecule has 0 bridgehead atoms. The van der Waals surface area contributed by atoms with Gasteiger partial charge in [0.25, 0.3) is 5.91 Å². The van der Waals surface area contributed by atoms with Crippen molar-refractivity contribution in [3.63, 3.8) is 0 Å². The molecule has 0 aliphatic carbocycles. The lowest BCUT2D eigenvalue weighted by Gasteiger charge is -2.15. The molecule has 33 heavy (non-hydrogen) atoms. The molecule has 10 heteroatoms. The fraction of sp³-hybridized carbons (Fsp3) is 0.0435. The zero-order valence-electron chi connectivity index (χ0n) is 16.9. The number of aromatic nitrogens is 2. The SMILES string of the molecule is NC(=O)c1cccc(NC(=O)c2cn(Cc3c(F)cccc3Cl)c3ccc(=O)[nH]c3c2=O)c1. The summed E-state index contributed by atoms with van der Waals surface area (Å²) in [6.45, 7) is -0.105. The first-order valence-corrected chi connectivity index (χ1v) is 10.0. The van der Waals surface area contributed by atoms with Gasteiger partial charge >= 0.3 is 0 Å². The molecule has 166 valence electrons. The fourth-order valence-corrected chi connectivity index (χ4v) is 3.62. The smallest absolute Gasteiger partial charge is 0.261 e. The maximum absolute atomic E-state index is 14.4. The maximum Gasteiger partial charge on any atom is 0.261 e. The van der Waals surface area contributed by atoms with Crippen LogP contribution in [0.15, 0.2) is 70.4 Å². The van der Waals surface area contributed by atoms with Crippen LogP contribution in [-0.4, -0.2) is 21.4 Å². The highest BCUT2D eigenvalue weighted by atomic mass is 35.5. The number of anilines is 1. The molecule has 4 rings (SSSR count). The number of primary amides is 1. The number of pyridine rings is 2. The lowest BCUT2D eigenvalue weighted by atomic mass is 10.1. The lowest BCUT2D eigenvalue weighted by molar-refractivity contribution is 0.0996. The number of hydrogen-bond donors (Lipinski definition) is 3. The van der Waals surface area contributed by atoms with Gasteiger partial charge in [0, 0.05) is 34.1 Å². The molecule has 0 aliphatic heterocycles. The number of fused-ring (bicyclic) bond motifs is 1. The molecule has 2 amide bonds. The van der Waals surface area contributed by atoms with Crippen LogP contribution in [0.2, 0.25) is 5.02 Å². The molecular weight excluding hydrogens is 451 g/mol. The van der Waals surface area contributed by atoms with Crippen LogP contribution in [0.5, 0.6) is 0 Å². The molecule has 0 spiro atoms. The molecule has 0 atom stereocenters. The van der Waals surface area contributed by atoms with Gasteiger partial charge in [0.1, 0.15) is 16.9 Å². The van der Waals surface area contributed by atoms with Gasteiger partial charge in [0.2, 0.25) is 16.9 Å². The summed E-state index contributed by atoms with van der Waals surface area (Å²) in [4.78, 5) is 51.7. The van der Waals surface area contributed by atoms with E-state index in [0.717, 1.165) is 0 Å². The molecule has 2 aromatic carbocycles. The van der Waals surface area contributed by atoms with E-state index in [1.165, 1.54) is 65.4 Å². The molecule has 4 aromatic rings. The van der Waals surface area contributed by atoms with Crippen molar-refractivity contribution in [3.05, 3.63) is 109 Å². The minimum absolute atomic E-state index is 0.105. The van der Waals surface area contributed by atoms with Gasteiger partial charge in [-0.1, -0.05) is 23.7 Å². The van der Waals surface area contributed by atoms with Gasteiger partial charge in [-0.15, -0.1) is 0 Å². The predicted molar refractivity (Wildman–Crippen MR) is 122 cm³/mol. The van der Waals surface area contributed by atoms with E-state index in [9.17, 15) is 23.6 Å². The molecule has 2 aromatic heterocycles. The minimum Gasteiger partial charge on any atom is -0.366 e. The third kappa shape index (κ3) is 4.39. The van der Waals surface area contributed by atoms with E-state index in [0.29, 0.717) is 0 Å². The first kappa shape index (κ1) is 22.0. The second-order valence-corrected chi connectivity index (χ2v) is 7.59. The van der Waals surface area contributed by atoms with Crippen LogP contribution < -0.4 is 22.0 Å². The van der Waals surface area contributed by atoms with Crippen LogP contribution in [0, 0.1) is 5.82 Å². The molecule has 8 nitrogen and oxygen atoms in total. The predicted octanol–water partition coefficient (Wildman–Crippen LogP) is 2.88. The number of hydrogen-bond acceptors (Lipinski definition) is 4. The van der Waals surface area contributed by atoms with E-state index in [-0.39, 0.29) is 45.0 Å². The summed E-state index contributed by atoms with van der Waals surface area (Å²) < 4.78 is 15.8. The Balaban J connectivity index is 1.83. The monoisotopic (exact) mass is 466 g/mol. The Labute approximate surface area is 190 Å². The van der Waals surface area contributed by atoms with Crippen molar-refractivity contribution >= 4 is 40.1 Å². The van der Waals surface area contributed by atoms with E-state index in [1.807, 2.05) is 0 Å². The van der Waals surface area contributed by atoms with Crippen molar-refractivity contribution in [1.82, 2.24) is 9.55 Å². The minimum atomic E-state index is -0.790. The van der Waals surface area contributed by atoms with Gasteiger partial charge < -0.3 is 20.6 Å². The molecule has 0 saturated carbocycles. The Hall–Kier alpha value is -4.24. The summed E-state index contributed by atoms with van der Waals surface area (Å²) in [5, 5.41) is 2.70. The molecule has 4 N–H and O–H groups in total. The Kier molecular flexibility index (Phi) is 5.80. The van der Waals surface area contributed by atoms with Gasteiger partial charge in [0.05, 0.1) is 12.1 Å². The van der Waals surface area contributed by atoms with Gasteiger partial charge in [-0.05, 0) is 36.4 Å². The van der Waals surface area contributed by atoms with E-state index in [4.69, 9.17) is 17.3 Å². The molecule has 0 aliphatic rings. The van der Waals surface area contributed by atoms with Crippen LogP contribution in [0.4, 0.5) is 10.1 Å². The third-order valence-corrected chi connectivity index (χ3v) is 5.36. The van der Waals surface area contributed by atoms with Crippen molar-refractivity contribution in [2.45, 2.75) is 6.54 Å². The second-order valence-electron chi connectivity index (χ2n) is 7.18. The van der Waals surface area contributed by atoms with Crippen molar-refractivity contribution in [3.8, 4) is 0 Å². The average Bonchev–Trinajstić information content (AvgIpc) is 2.78. The number of nitrogens with one attached hydrogen (secondary N) is 2. The standard InChI is InChI=1S/C23H16ClFN4O4/c24-16-5-2-6-17(25)14(16)10-29-11-15(21(31)20-18(29)7-8-19(30)28-20)23(33)27-13-4-1-3-12(9-13)22(26)32/h1-9,11H,10H2,(H2,26,32)(H,27,33)(H,28,30). The second kappa shape index (κ2) is 8.71. The number of carbonyl (C=O) groups excluding carboxylic acids is 2. The lowest BCUT2D eigenvalue weighted by Crippen LogP contribution is -2.26. The normalized spacial score (nSPS) is 10.8. The van der Waals surface area contributed by atoms with Gasteiger partial charge in [-0.2, -0.15) is 0 Å². The molecule has 0 saturated heterocycles. The van der Waals surface area contributed by atoms with Crippen LogP contribution in [0.25, 0.3) is 11.0 Å². The van der Waals surface area contributed by atoms with E-state index >= 15 is 0 Å². The van der Waals surface area contributed by atoms with Crippen molar-refractivity contribution in [2.24, 2.45) is 5.73 Å². The number of benzene rings is 2. The number of amides is 2. The summed E-state index contributed by atoms with van der Waals surface area (Å²) in [5.41, 5.74) is 4.42. The highest BCUT2D eigenvalue weighted by Gasteiger charge is 2.18. The number of nitrogens with two attached hydrogens (primary N) is 1. The number of aromatic amines is 1. The summed E-state index contributed by atoms with van der Waals surface area (Å²) in [6, 6.07) is 12.7. The van der Waals surface area contributed by atoms with Crippen molar-refractivity contribution in [2.75, 3.05) is 5.32 Å². The Morgan fingerprint density at radius 1 is 1.09 bits per heavy atom. The summed E-state index contributed by atoms with van der Waals surface area (Å²) >= 11 is 6.15. The van der Waals surface area contributed by atoms with E-state index in [1.54, 1.807) is 0 Å². The van der Waals surface area contributed by atoms with Crippen molar-refractivity contribution in [1.29, 1.82) is 0 Å². The number of H-pyrrole nitrogens is 1. The number of rotatable bonds is 5. The Morgan fingerprint density at radius 2 is 1.85 bits per heavy atom. The highest BCUT2D eigenvalue weighted by molar-refractivity contribution is 6.31. The van der Waals surface area contributed by atoms with Gasteiger partial charge in [-0.25, -0.2) is 4.39 Å². The van der Waals surface area contributed by atoms with E-state index < -0.39 is 28.6 Å². The largest absolute Gasteiger partial charge is 0.366 e. The molecule has 0 unspecified atom stereocenters. The van der Waals surface area contributed by atoms with Gasteiger partial charge in [-0.3, -0.25) is 19.2 Å². The zero-order chi connectivity index (χ0) is 23.7. The van der Waals surface area contributed by atoms with Crippen LogP contribution in [0.3, 0.4) is 0 Å². The molecular formula is C23H16ClFN4O4. The summed E-state index contributed by atoms with van der Waals surface area (Å²) in [7, 11) is 0. The highest BCUT2D eigenvalue weighted by Crippen LogP contribution is 2.22. The average molecular weight is 467 g/mol. The third-order valence-electron chi connectivity index (χ3n) is 5.00. The maximum atomic E-state index is 14.4. The van der Waals surface area contributed by atoms with Crippen LogP contribution in [-0.2, 0) is 6.54 Å². The quantitative estimate of drug-likeness (QED) is 0.418. The molecule has 2 heterocycles. The first-order chi connectivity index (χ1) is 15.7. The van der Waals surface area contributed by atoms with Crippen molar-refractivity contribution < 1.29 is 14.0 Å².